The second-order valence-corrected chi connectivity index (χ2v) is 6.40. The summed E-state index contributed by atoms with van der Waals surface area (Å²) in [5, 5.41) is 0. The summed E-state index contributed by atoms with van der Waals surface area (Å²) >= 11 is 2.56. The van der Waals surface area contributed by atoms with E-state index in [9.17, 15) is 0 Å². The van der Waals surface area contributed by atoms with Crippen LogP contribution in [0.2, 0.25) is 0 Å². The molecule has 0 aromatic heterocycles. The first-order valence-electron chi connectivity index (χ1n) is 6.66. The summed E-state index contributed by atoms with van der Waals surface area (Å²) in [5.41, 5.74) is 1.42. The van der Waals surface area contributed by atoms with Gasteiger partial charge in [-0.15, -0.1) is 0 Å². The van der Waals surface area contributed by atoms with E-state index in [4.69, 9.17) is 4.74 Å². The first-order chi connectivity index (χ1) is 8.36. The molecule has 0 saturated heterocycles. The van der Waals surface area contributed by atoms with Crippen molar-refractivity contribution in [1.29, 1.82) is 0 Å². The zero-order valence-electron chi connectivity index (χ0n) is 10.3. The van der Waals surface area contributed by atoms with Gasteiger partial charge < -0.3 is 4.74 Å². The second-order valence-electron chi connectivity index (χ2n) is 4.80. The highest BCUT2D eigenvalue weighted by Gasteiger charge is 2.22. The lowest BCUT2D eigenvalue weighted by atomic mass is 9.98. The second kappa shape index (κ2) is 7.37. The number of alkyl halides is 1. The van der Waals surface area contributed by atoms with E-state index >= 15 is 0 Å². The van der Waals surface area contributed by atoms with Crippen LogP contribution in [0.25, 0.3) is 0 Å². The van der Waals surface area contributed by atoms with Gasteiger partial charge in [0.1, 0.15) is 0 Å². The molecule has 1 fully saturated rings. The Balaban J connectivity index is 1.63. The van der Waals surface area contributed by atoms with Gasteiger partial charge in [0.2, 0.25) is 0 Å². The lowest BCUT2D eigenvalue weighted by Gasteiger charge is -2.27. The summed E-state index contributed by atoms with van der Waals surface area (Å²) in [6, 6.07) is 10.7. The Bertz CT molecular complexity index is 312. The number of rotatable bonds is 5. The number of ether oxygens (including phenoxy) is 1. The van der Waals surface area contributed by atoms with Crippen molar-refractivity contribution in [3.05, 3.63) is 35.9 Å². The number of hydrogen-bond acceptors (Lipinski definition) is 1. The van der Waals surface area contributed by atoms with Gasteiger partial charge in [-0.05, 0) is 31.2 Å². The Morgan fingerprint density at radius 2 is 1.88 bits per heavy atom. The SMILES string of the molecule is IC1CCCCC1OCCCc1ccccc1. The monoisotopic (exact) mass is 344 g/mol. The Morgan fingerprint density at radius 3 is 2.65 bits per heavy atom. The van der Waals surface area contributed by atoms with E-state index in [0.717, 1.165) is 23.4 Å². The Morgan fingerprint density at radius 1 is 1.12 bits per heavy atom. The predicted molar refractivity (Wildman–Crippen MR) is 80.8 cm³/mol. The summed E-state index contributed by atoms with van der Waals surface area (Å²) in [6.07, 6.45) is 8.13. The molecule has 0 bridgehead atoms. The highest BCUT2D eigenvalue weighted by molar-refractivity contribution is 14.1. The molecule has 1 aromatic rings. The van der Waals surface area contributed by atoms with Gasteiger partial charge in [0, 0.05) is 10.5 Å². The standard InChI is InChI=1S/C15H21IO/c16-14-10-4-5-11-15(14)17-12-6-9-13-7-2-1-3-8-13/h1-3,7-8,14-15H,4-6,9-12H2. The third kappa shape index (κ3) is 4.59. The average molecular weight is 344 g/mol. The normalized spacial score (nSPS) is 24.8. The molecule has 2 heteroatoms. The molecule has 1 nitrogen and oxygen atoms in total. The molecule has 1 aliphatic rings. The van der Waals surface area contributed by atoms with E-state index in [1.807, 2.05) is 0 Å². The van der Waals surface area contributed by atoms with Crippen LogP contribution in [0.4, 0.5) is 0 Å². The molecule has 1 aliphatic carbocycles. The molecule has 1 aromatic carbocycles. The van der Waals surface area contributed by atoms with Gasteiger partial charge in [0.15, 0.2) is 0 Å². The maximum Gasteiger partial charge on any atom is 0.0692 e. The van der Waals surface area contributed by atoms with Crippen LogP contribution in [0.1, 0.15) is 37.7 Å². The minimum absolute atomic E-state index is 0.514. The molecule has 2 atom stereocenters. The highest BCUT2D eigenvalue weighted by atomic mass is 127. The fourth-order valence-corrected chi connectivity index (χ4v) is 3.40. The van der Waals surface area contributed by atoms with Crippen molar-refractivity contribution < 1.29 is 4.74 Å². The minimum atomic E-state index is 0.514. The van der Waals surface area contributed by atoms with Crippen molar-refractivity contribution in [2.45, 2.75) is 48.6 Å². The quantitative estimate of drug-likeness (QED) is 0.438. The molecule has 0 aliphatic heterocycles. The van der Waals surface area contributed by atoms with Crippen LogP contribution in [0.5, 0.6) is 0 Å². The topological polar surface area (TPSA) is 9.23 Å². The molecule has 0 N–H and O–H groups in total. The number of hydrogen-bond donors (Lipinski definition) is 0. The van der Waals surface area contributed by atoms with Crippen LogP contribution in [-0.4, -0.2) is 16.6 Å². The summed E-state index contributed by atoms with van der Waals surface area (Å²) in [5.74, 6) is 0. The summed E-state index contributed by atoms with van der Waals surface area (Å²) in [7, 11) is 0. The molecule has 0 spiro atoms. The van der Waals surface area contributed by atoms with E-state index < -0.39 is 0 Å². The summed E-state index contributed by atoms with van der Waals surface area (Å²) in [6.45, 7) is 0.916. The number of halogens is 1. The van der Waals surface area contributed by atoms with Gasteiger partial charge >= 0.3 is 0 Å². The number of aryl methyl sites for hydroxylation is 1. The van der Waals surface area contributed by atoms with Crippen LogP contribution < -0.4 is 0 Å². The van der Waals surface area contributed by atoms with Crippen molar-refractivity contribution in [2.24, 2.45) is 0 Å². The van der Waals surface area contributed by atoms with Gasteiger partial charge in [-0.2, -0.15) is 0 Å². The molecule has 0 amide bonds. The molecule has 17 heavy (non-hydrogen) atoms. The zero-order valence-corrected chi connectivity index (χ0v) is 12.4. The van der Waals surface area contributed by atoms with E-state index in [2.05, 4.69) is 52.9 Å². The fourth-order valence-electron chi connectivity index (χ4n) is 2.40. The number of benzene rings is 1. The van der Waals surface area contributed by atoms with E-state index in [-0.39, 0.29) is 0 Å². The van der Waals surface area contributed by atoms with Crippen molar-refractivity contribution in [3.63, 3.8) is 0 Å². The lowest BCUT2D eigenvalue weighted by Crippen LogP contribution is -2.28. The van der Waals surface area contributed by atoms with Crippen LogP contribution in [0.3, 0.4) is 0 Å². The molecule has 0 radical (unpaired) electrons. The van der Waals surface area contributed by atoms with E-state index in [1.54, 1.807) is 0 Å². The van der Waals surface area contributed by atoms with Gasteiger partial charge in [-0.25, -0.2) is 0 Å². The van der Waals surface area contributed by atoms with Gasteiger partial charge in [0.05, 0.1) is 6.10 Å². The maximum absolute atomic E-state index is 6.01. The molecule has 2 unspecified atom stereocenters. The van der Waals surface area contributed by atoms with E-state index in [1.165, 1.54) is 31.2 Å². The molecule has 1 saturated carbocycles. The van der Waals surface area contributed by atoms with Gasteiger partial charge in [0.25, 0.3) is 0 Å². The molecule has 94 valence electrons. The third-order valence-corrected chi connectivity index (χ3v) is 4.83. The van der Waals surface area contributed by atoms with E-state index in [0.29, 0.717) is 6.10 Å². The first-order valence-corrected chi connectivity index (χ1v) is 7.90. The zero-order chi connectivity index (χ0) is 11.9. The van der Waals surface area contributed by atoms with Gasteiger partial charge in [-0.1, -0.05) is 65.8 Å². The Hall–Kier alpha value is -0.0900. The third-order valence-electron chi connectivity index (χ3n) is 3.41. The Kier molecular flexibility index (Phi) is 5.78. The Labute approximate surface area is 118 Å². The fraction of sp³-hybridized carbons (Fsp3) is 0.600. The average Bonchev–Trinajstić information content (AvgIpc) is 2.38. The van der Waals surface area contributed by atoms with Crippen LogP contribution in [0.15, 0.2) is 30.3 Å². The van der Waals surface area contributed by atoms with Crippen molar-refractivity contribution in [1.82, 2.24) is 0 Å². The maximum atomic E-state index is 6.01. The van der Waals surface area contributed by atoms with Crippen molar-refractivity contribution >= 4 is 22.6 Å². The molecule has 0 heterocycles. The first kappa shape index (κ1) is 13.3. The lowest BCUT2D eigenvalue weighted by molar-refractivity contribution is 0.0351. The van der Waals surface area contributed by atoms with Gasteiger partial charge in [-0.3, -0.25) is 0 Å². The van der Waals surface area contributed by atoms with Crippen LogP contribution in [-0.2, 0) is 11.2 Å². The highest BCUT2D eigenvalue weighted by Crippen LogP contribution is 2.27. The molecular weight excluding hydrogens is 323 g/mol. The molecular formula is C15H21IO. The van der Waals surface area contributed by atoms with Crippen molar-refractivity contribution in [3.8, 4) is 0 Å². The molecule has 2 rings (SSSR count). The minimum Gasteiger partial charge on any atom is -0.377 e. The largest absolute Gasteiger partial charge is 0.377 e. The predicted octanol–water partition coefficient (Wildman–Crippen LogP) is 4.38. The smallest absolute Gasteiger partial charge is 0.0692 e. The van der Waals surface area contributed by atoms with Crippen LogP contribution in [0, 0.1) is 0 Å². The summed E-state index contributed by atoms with van der Waals surface area (Å²) < 4.78 is 6.74. The van der Waals surface area contributed by atoms with Crippen LogP contribution >= 0.6 is 22.6 Å². The summed E-state index contributed by atoms with van der Waals surface area (Å²) in [4.78, 5) is 0. The van der Waals surface area contributed by atoms with Crippen molar-refractivity contribution in [2.75, 3.05) is 6.61 Å².